The summed E-state index contributed by atoms with van der Waals surface area (Å²) < 4.78 is 66.0. The highest BCUT2D eigenvalue weighted by Crippen LogP contribution is 2.31. The third-order valence-corrected chi connectivity index (χ3v) is 6.92. The van der Waals surface area contributed by atoms with Gasteiger partial charge in [0.25, 0.3) is 15.7 Å². The summed E-state index contributed by atoms with van der Waals surface area (Å²) in [7, 11) is -4.05. The normalized spacial score (nSPS) is 12.5. The van der Waals surface area contributed by atoms with Crippen molar-refractivity contribution in [2.75, 3.05) is 10.0 Å². The van der Waals surface area contributed by atoms with Crippen LogP contribution in [0.3, 0.4) is 0 Å². The van der Waals surface area contributed by atoms with Gasteiger partial charge in [-0.2, -0.15) is 18.2 Å². The fourth-order valence-electron chi connectivity index (χ4n) is 3.52. The van der Waals surface area contributed by atoms with E-state index in [4.69, 9.17) is 0 Å². The lowest BCUT2D eigenvalue weighted by Crippen LogP contribution is -2.15. The first-order valence-electron chi connectivity index (χ1n) is 11.1. The molecule has 0 spiro atoms. The maximum absolute atomic E-state index is 12.8. The third-order valence-electron chi connectivity index (χ3n) is 5.55. The highest BCUT2D eigenvalue weighted by atomic mass is 32.2. The monoisotopic (exact) mass is 543 g/mol. The first-order valence-corrected chi connectivity index (χ1v) is 12.6. The molecule has 0 bridgehead atoms. The molecule has 196 valence electrons. The fourth-order valence-corrected chi connectivity index (χ4v) is 4.52. The van der Waals surface area contributed by atoms with Crippen molar-refractivity contribution in [2.45, 2.75) is 24.0 Å². The maximum atomic E-state index is 12.8. The van der Waals surface area contributed by atoms with Crippen molar-refractivity contribution in [1.29, 1.82) is 0 Å². The molecule has 0 radical (unpaired) electrons. The number of nitro benzene ring substituents is 1. The maximum Gasteiger partial charge on any atom is 0.416 e. The van der Waals surface area contributed by atoms with Crippen molar-refractivity contribution >= 4 is 27.5 Å². The van der Waals surface area contributed by atoms with E-state index in [-0.39, 0.29) is 28.4 Å². The summed E-state index contributed by atoms with van der Waals surface area (Å²) in [4.78, 5) is 18.3. The first kappa shape index (κ1) is 26.5. The molecular weight excluding hydrogens is 523 g/mol. The molecule has 1 heterocycles. The van der Waals surface area contributed by atoms with Crippen LogP contribution in [0, 0.1) is 10.1 Å². The molecule has 0 aliphatic rings. The van der Waals surface area contributed by atoms with Crippen LogP contribution >= 0.6 is 0 Å². The zero-order chi connectivity index (χ0) is 27.5. The molecule has 0 saturated carbocycles. The van der Waals surface area contributed by atoms with Gasteiger partial charge >= 0.3 is 6.18 Å². The van der Waals surface area contributed by atoms with E-state index in [2.05, 4.69) is 20.0 Å². The van der Waals surface area contributed by atoms with Crippen LogP contribution in [0.4, 0.5) is 30.6 Å². The van der Waals surface area contributed by atoms with Crippen LogP contribution in [0.1, 0.15) is 24.1 Å². The van der Waals surface area contributed by atoms with Crippen molar-refractivity contribution in [3.05, 3.63) is 106 Å². The topological polar surface area (TPSA) is 127 Å². The zero-order valence-electron chi connectivity index (χ0n) is 19.7. The van der Waals surface area contributed by atoms with Gasteiger partial charge in [0.15, 0.2) is 0 Å². The molecule has 4 rings (SSSR count). The van der Waals surface area contributed by atoms with E-state index in [1.807, 2.05) is 19.1 Å². The number of nitrogens with one attached hydrogen (secondary N) is 2. The number of anilines is 2. The van der Waals surface area contributed by atoms with Crippen molar-refractivity contribution in [3.63, 3.8) is 0 Å². The molecule has 1 atom stereocenters. The standard InChI is InChI=1S/C25H20F3N5O4S/c1-16(17-2-4-18(5-3-17)19-6-8-20(9-7-19)25(26,27)28)30-24-29-15-14-23(31-24)32-38(36,37)22-12-10-21(11-13-22)33(34)35/h2-16H,1H3,(H2,29,30,31,32)/t16-/m0/s1. The number of alkyl halides is 3. The van der Waals surface area contributed by atoms with E-state index < -0.39 is 26.7 Å². The summed E-state index contributed by atoms with van der Waals surface area (Å²) in [5, 5.41) is 13.9. The molecule has 4 aromatic rings. The molecule has 0 fully saturated rings. The highest BCUT2D eigenvalue weighted by molar-refractivity contribution is 7.92. The minimum atomic E-state index is -4.40. The molecule has 9 nitrogen and oxygen atoms in total. The van der Waals surface area contributed by atoms with Crippen molar-refractivity contribution in [1.82, 2.24) is 9.97 Å². The summed E-state index contributed by atoms with van der Waals surface area (Å²) >= 11 is 0. The summed E-state index contributed by atoms with van der Waals surface area (Å²) in [5.41, 5.74) is 1.27. The van der Waals surface area contributed by atoms with Gasteiger partial charge in [0, 0.05) is 18.3 Å². The van der Waals surface area contributed by atoms with E-state index in [0.29, 0.717) is 5.56 Å². The molecule has 0 amide bonds. The number of benzene rings is 3. The van der Waals surface area contributed by atoms with Crippen LogP contribution in [0.25, 0.3) is 11.1 Å². The van der Waals surface area contributed by atoms with Crippen LogP contribution in [-0.4, -0.2) is 23.3 Å². The van der Waals surface area contributed by atoms with Crippen LogP contribution in [0.15, 0.2) is 90.0 Å². The average Bonchev–Trinajstić information content (AvgIpc) is 2.88. The van der Waals surface area contributed by atoms with Gasteiger partial charge in [-0.3, -0.25) is 14.8 Å². The van der Waals surface area contributed by atoms with Gasteiger partial charge < -0.3 is 5.32 Å². The summed E-state index contributed by atoms with van der Waals surface area (Å²) in [6.07, 6.45) is -3.03. The molecule has 0 aliphatic heterocycles. The fraction of sp³-hybridized carbons (Fsp3) is 0.120. The van der Waals surface area contributed by atoms with Gasteiger partial charge in [0.2, 0.25) is 5.95 Å². The molecule has 13 heteroatoms. The van der Waals surface area contributed by atoms with Crippen molar-refractivity contribution in [2.24, 2.45) is 0 Å². The predicted molar refractivity (Wildman–Crippen MR) is 135 cm³/mol. The van der Waals surface area contributed by atoms with Gasteiger partial charge in [0.1, 0.15) is 5.82 Å². The largest absolute Gasteiger partial charge is 0.416 e. The molecule has 0 aliphatic carbocycles. The second-order valence-electron chi connectivity index (χ2n) is 8.19. The Labute approximate surface area is 215 Å². The van der Waals surface area contributed by atoms with Gasteiger partial charge in [-0.1, -0.05) is 36.4 Å². The Bertz CT molecular complexity index is 1540. The van der Waals surface area contributed by atoms with Gasteiger partial charge in [-0.05, 0) is 53.9 Å². The van der Waals surface area contributed by atoms with Gasteiger partial charge in [-0.25, -0.2) is 13.4 Å². The number of hydrogen-bond donors (Lipinski definition) is 2. The Morgan fingerprint density at radius 1 is 0.895 bits per heavy atom. The van der Waals surface area contributed by atoms with Crippen LogP contribution in [0.2, 0.25) is 0 Å². The number of non-ortho nitro benzene ring substituents is 1. The van der Waals surface area contributed by atoms with Crippen LogP contribution < -0.4 is 10.0 Å². The minimum absolute atomic E-state index is 0.00861. The first-order chi connectivity index (χ1) is 17.9. The van der Waals surface area contributed by atoms with E-state index in [1.54, 1.807) is 12.1 Å². The molecular formula is C25H20F3N5O4S. The van der Waals surface area contributed by atoms with E-state index in [0.717, 1.165) is 47.5 Å². The lowest BCUT2D eigenvalue weighted by Gasteiger charge is -2.16. The van der Waals surface area contributed by atoms with Gasteiger partial charge in [-0.15, -0.1) is 0 Å². The molecule has 0 saturated heterocycles. The number of rotatable bonds is 8. The Balaban J connectivity index is 1.43. The van der Waals surface area contributed by atoms with Crippen molar-refractivity contribution < 1.29 is 26.5 Å². The average molecular weight is 544 g/mol. The van der Waals surface area contributed by atoms with Crippen LogP contribution in [-0.2, 0) is 16.2 Å². The van der Waals surface area contributed by atoms with Crippen LogP contribution in [0.5, 0.6) is 0 Å². The lowest BCUT2D eigenvalue weighted by molar-refractivity contribution is -0.384. The highest BCUT2D eigenvalue weighted by Gasteiger charge is 2.30. The Morgan fingerprint density at radius 2 is 1.47 bits per heavy atom. The number of nitro groups is 1. The second-order valence-corrected chi connectivity index (χ2v) is 9.87. The zero-order valence-corrected chi connectivity index (χ0v) is 20.5. The molecule has 0 unspecified atom stereocenters. The van der Waals surface area contributed by atoms with E-state index >= 15 is 0 Å². The Morgan fingerprint density at radius 3 is 2.03 bits per heavy atom. The summed E-state index contributed by atoms with van der Waals surface area (Å²) in [6.45, 7) is 1.84. The third kappa shape index (κ3) is 6.24. The lowest BCUT2D eigenvalue weighted by atomic mass is 10.0. The SMILES string of the molecule is C[C@H](Nc1nccc(NS(=O)(=O)c2ccc([N+](=O)[O-])cc2)n1)c1ccc(-c2ccc(C(F)(F)F)cc2)cc1. The molecule has 2 N–H and O–H groups in total. The van der Waals surface area contributed by atoms with Crippen molar-refractivity contribution in [3.8, 4) is 11.1 Å². The smallest absolute Gasteiger partial charge is 0.348 e. The second kappa shape index (κ2) is 10.5. The number of hydrogen-bond acceptors (Lipinski definition) is 7. The Hall–Kier alpha value is -4.52. The van der Waals surface area contributed by atoms with E-state index in [9.17, 15) is 31.7 Å². The summed E-state index contributed by atoms with van der Waals surface area (Å²) in [5.74, 6) is 0.138. The summed E-state index contributed by atoms with van der Waals surface area (Å²) in [6, 6.07) is 17.6. The quantitative estimate of drug-likeness (QED) is 0.205. The molecule has 1 aromatic heterocycles. The number of nitrogens with zero attached hydrogens (tertiary/aromatic N) is 3. The molecule has 38 heavy (non-hydrogen) atoms. The number of halogens is 3. The van der Waals surface area contributed by atoms with E-state index in [1.165, 1.54) is 24.4 Å². The molecule has 3 aromatic carbocycles. The number of sulfonamides is 1. The minimum Gasteiger partial charge on any atom is -0.348 e. The van der Waals surface area contributed by atoms with Gasteiger partial charge in [0.05, 0.1) is 21.4 Å². The Kier molecular flexibility index (Phi) is 7.30. The predicted octanol–water partition coefficient (Wildman–Crippen LogP) is 6.04. The number of aromatic nitrogens is 2.